The van der Waals surface area contributed by atoms with Crippen molar-refractivity contribution >= 4 is 35.1 Å². The first-order valence-electron chi connectivity index (χ1n) is 3.94. The zero-order valence-electron chi connectivity index (χ0n) is 8.53. The van der Waals surface area contributed by atoms with Crippen molar-refractivity contribution in [2.24, 2.45) is 0 Å². The number of benzene rings is 1. The third-order valence-electron chi connectivity index (χ3n) is 1.67. The maximum Gasteiger partial charge on any atom is 1.00 e. The standard InChI is InChI=1S/C9H10N2OS2.K/c1-6-4-2-3-5-7(6)8(12)10-11-9(13)14;/h2-5H,1H3,(H,10,12)(H2,11,13,14);/q;+1/p-1. The van der Waals surface area contributed by atoms with Gasteiger partial charge in [-0.2, -0.15) is 0 Å². The molecule has 0 saturated carbocycles. The average Bonchev–Trinajstić information content (AvgIpc) is 2.15. The van der Waals surface area contributed by atoms with E-state index in [0.717, 1.165) is 5.56 Å². The molecule has 3 nitrogen and oxygen atoms in total. The molecule has 0 aromatic heterocycles. The number of hydrogen-bond donors (Lipinski definition) is 2. The van der Waals surface area contributed by atoms with Crippen LogP contribution in [0.15, 0.2) is 24.3 Å². The van der Waals surface area contributed by atoms with Crippen LogP contribution in [0.5, 0.6) is 0 Å². The van der Waals surface area contributed by atoms with Crippen LogP contribution in [0.2, 0.25) is 0 Å². The summed E-state index contributed by atoms with van der Waals surface area (Å²) in [7, 11) is 0. The predicted octanol–water partition coefficient (Wildman–Crippen LogP) is -1.93. The van der Waals surface area contributed by atoms with Gasteiger partial charge in [0.1, 0.15) is 0 Å². The third kappa shape index (κ3) is 5.35. The molecule has 0 saturated heterocycles. The van der Waals surface area contributed by atoms with E-state index in [0.29, 0.717) is 5.56 Å². The second kappa shape index (κ2) is 7.67. The van der Waals surface area contributed by atoms with Crippen LogP contribution >= 0.6 is 12.2 Å². The summed E-state index contributed by atoms with van der Waals surface area (Å²) in [5, 5.41) is 0. The largest absolute Gasteiger partial charge is 1.00 e. The number of carbonyl (C=O) groups is 1. The number of rotatable bonds is 1. The van der Waals surface area contributed by atoms with E-state index in [1.807, 2.05) is 19.1 Å². The Morgan fingerprint density at radius 2 is 1.93 bits per heavy atom. The van der Waals surface area contributed by atoms with Crippen molar-refractivity contribution in [3.05, 3.63) is 35.4 Å². The van der Waals surface area contributed by atoms with Gasteiger partial charge in [0.25, 0.3) is 5.91 Å². The normalized spacial score (nSPS) is 8.60. The Labute approximate surface area is 142 Å². The van der Waals surface area contributed by atoms with Crippen molar-refractivity contribution < 1.29 is 56.2 Å². The Bertz CT molecular complexity index is 371. The van der Waals surface area contributed by atoms with Crippen LogP contribution < -0.4 is 62.2 Å². The Hall–Kier alpha value is 0.436. The zero-order chi connectivity index (χ0) is 10.6. The number of amides is 1. The maximum atomic E-state index is 11.5. The molecule has 1 aromatic rings. The number of hydrogen-bond acceptors (Lipinski definition) is 3. The van der Waals surface area contributed by atoms with Gasteiger partial charge in [-0.1, -0.05) is 18.2 Å². The van der Waals surface area contributed by atoms with Gasteiger partial charge < -0.3 is 30.3 Å². The van der Waals surface area contributed by atoms with E-state index in [1.54, 1.807) is 12.1 Å². The van der Waals surface area contributed by atoms with Gasteiger partial charge in [-0.05, 0) is 22.9 Å². The number of thiocarbonyl (C=S) groups is 1. The van der Waals surface area contributed by atoms with Crippen molar-refractivity contribution in [3.8, 4) is 0 Å². The molecule has 1 aromatic carbocycles. The van der Waals surface area contributed by atoms with Crippen LogP contribution in [-0.4, -0.2) is 10.2 Å². The van der Waals surface area contributed by atoms with Gasteiger partial charge in [0.2, 0.25) is 0 Å². The Morgan fingerprint density at radius 3 is 2.47 bits per heavy atom. The average molecular weight is 264 g/mol. The summed E-state index contributed by atoms with van der Waals surface area (Å²) in [5.74, 6) is -0.240. The summed E-state index contributed by atoms with van der Waals surface area (Å²) in [6.07, 6.45) is 0. The Balaban J connectivity index is 0.00000196. The van der Waals surface area contributed by atoms with Gasteiger partial charge in [0.15, 0.2) is 0 Å². The van der Waals surface area contributed by atoms with Crippen molar-refractivity contribution in [3.63, 3.8) is 0 Å². The molecule has 0 unspecified atom stereocenters. The molecule has 0 aliphatic heterocycles. The van der Waals surface area contributed by atoms with Gasteiger partial charge in [0.05, 0.1) is 0 Å². The summed E-state index contributed by atoms with van der Waals surface area (Å²) in [4.78, 5) is 11.5. The molecule has 1 amide bonds. The van der Waals surface area contributed by atoms with Gasteiger partial charge in [-0.25, -0.2) is 0 Å². The molecule has 0 bridgehead atoms. The molecule has 0 heterocycles. The van der Waals surface area contributed by atoms with Crippen molar-refractivity contribution in [2.45, 2.75) is 6.92 Å². The fourth-order valence-electron chi connectivity index (χ4n) is 1.00. The zero-order valence-corrected chi connectivity index (χ0v) is 13.3. The molecule has 0 spiro atoms. The fourth-order valence-corrected chi connectivity index (χ4v) is 1.10. The summed E-state index contributed by atoms with van der Waals surface area (Å²) < 4.78 is 0.118. The van der Waals surface area contributed by atoms with E-state index in [1.165, 1.54) is 0 Å². The Kier molecular flexibility index (Phi) is 7.89. The van der Waals surface area contributed by atoms with E-state index < -0.39 is 0 Å². The van der Waals surface area contributed by atoms with Crippen molar-refractivity contribution in [1.29, 1.82) is 0 Å². The number of nitrogens with one attached hydrogen (secondary N) is 2. The summed E-state index contributed by atoms with van der Waals surface area (Å²) in [6, 6.07) is 7.27. The molecule has 6 heteroatoms. The summed E-state index contributed by atoms with van der Waals surface area (Å²) in [5.41, 5.74) is 6.33. The minimum absolute atomic E-state index is 0. The van der Waals surface area contributed by atoms with Crippen LogP contribution in [0.1, 0.15) is 15.9 Å². The molecule has 0 fully saturated rings. The van der Waals surface area contributed by atoms with E-state index in [4.69, 9.17) is 0 Å². The number of hydrazine groups is 1. The summed E-state index contributed by atoms with van der Waals surface area (Å²) in [6.45, 7) is 1.86. The third-order valence-corrected chi connectivity index (χ3v) is 1.87. The molecule has 0 atom stereocenters. The quantitative estimate of drug-likeness (QED) is 0.268. The van der Waals surface area contributed by atoms with Gasteiger partial charge in [-0.3, -0.25) is 10.2 Å². The topological polar surface area (TPSA) is 41.1 Å². The van der Waals surface area contributed by atoms with Crippen LogP contribution in [0, 0.1) is 6.92 Å². The molecular formula is C9H9KN2OS2. The molecule has 0 aliphatic rings. The fraction of sp³-hybridized carbons (Fsp3) is 0.111. The second-order valence-corrected chi connectivity index (χ2v) is 3.76. The minimum Gasteiger partial charge on any atom is -0.410 e. The smallest absolute Gasteiger partial charge is 0.410 e. The molecule has 1 rings (SSSR count). The molecular weight excluding hydrogens is 255 g/mol. The first-order valence-corrected chi connectivity index (χ1v) is 4.76. The maximum absolute atomic E-state index is 11.5. The molecule has 74 valence electrons. The number of carbonyl (C=O) groups excluding carboxylic acids is 1. The predicted molar refractivity (Wildman–Crippen MR) is 61.7 cm³/mol. The van der Waals surface area contributed by atoms with E-state index in [-0.39, 0.29) is 61.6 Å². The molecule has 15 heavy (non-hydrogen) atoms. The van der Waals surface area contributed by atoms with E-state index >= 15 is 0 Å². The minimum atomic E-state index is -0.240. The van der Waals surface area contributed by atoms with E-state index in [2.05, 4.69) is 35.7 Å². The van der Waals surface area contributed by atoms with Crippen LogP contribution in [0.3, 0.4) is 0 Å². The van der Waals surface area contributed by atoms with Gasteiger partial charge in [0, 0.05) is 5.56 Å². The second-order valence-electron chi connectivity index (χ2n) is 2.68. The monoisotopic (exact) mass is 264 g/mol. The van der Waals surface area contributed by atoms with Crippen molar-refractivity contribution in [2.75, 3.05) is 0 Å². The first-order chi connectivity index (χ1) is 6.61. The van der Waals surface area contributed by atoms with Crippen LogP contribution in [0.25, 0.3) is 0 Å². The number of aryl methyl sites for hydroxylation is 1. The van der Waals surface area contributed by atoms with E-state index in [9.17, 15) is 4.79 Å². The molecule has 0 aliphatic carbocycles. The van der Waals surface area contributed by atoms with Crippen molar-refractivity contribution in [1.82, 2.24) is 10.9 Å². The van der Waals surface area contributed by atoms with Gasteiger partial charge in [-0.15, -0.1) is 0 Å². The summed E-state index contributed by atoms with van der Waals surface area (Å²) >= 11 is 9.17. The van der Waals surface area contributed by atoms with Gasteiger partial charge >= 0.3 is 51.4 Å². The molecule has 0 radical (unpaired) electrons. The Morgan fingerprint density at radius 1 is 1.33 bits per heavy atom. The first kappa shape index (κ1) is 15.4. The van der Waals surface area contributed by atoms with Crippen LogP contribution in [-0.2, 0) is 12.6 Å². The molecule has 2 N–H and O–H groups in total. The van der Waals surface area contributed by atoms with Crippen LogP contribution in [0.4, 0.5) is 0 Å². The SMILES string of the molecule is Cc1ccccc1C(=O)NNC(=S)[S-].[K+].